The molecule has 9 unspecified atom stereocenters. The van der Waals surface area contributed by atoms with E-state index in [0.29, 0.717) is 23.8 Å². The van der Waals surface area contributed by atoms with Crippen molar-refractivity contribution in [3.63, 3.8) is 0 Å². The molecule has 1 aromatic rings. The predicted octanol–water partition coefficient (Wildman–Crippen LogP) is 8.90. The van der Waals surface area contributed by atoms with Gasteiger partial charge >= 0.3 is 5.97 Å². The van der Waals surface area contributed by atoms with E-state index in [0.717, 1.165) is 62.5 Å². The van der Waals surface area contributed by atoms with Gasteiger partial charge in [-0.1, -0.05) is 58.9 Å². The zero-order valence-electron chi connectivity index (χ0n) is 26.9. The Labute approximate surface area is 256 Å². The van der Waals surface area contributed by atoms with E-state index in [1.54, 1.807) is 12.1 Å². The number of benzene rings is 1. The van der Waals surface area contributed by atoms with Gasteiger partial charge < -0.3 is 5.11 Å². The second kappa shape index (κ2) is 9.62. The molecule has 9 atom stereocenters. The van der Waals surface area contributed by atoms with Crippen LogP contribution in [-0.4, -0.2) is 21.8 Å². The zero-order valence-corrected chi connectivity index (χ0v) is 26.9. The molecule has 5 fully saturated rings. The monoisotopic (exact) mass is 587 g/mol. The molecular weight excluding hydrogens is 538 g/mol. The highest BCUT2D eigenvalue weighted by Crippen LogP contribution is 2.77. The number of nitro benzene ring substituents is 1. The van der Waals surface area contributed by atoms with Gasteiger partial charge in [-0.15, -0.1) is 0 Å². The van der Waals surface area contributed by atoms with E-state index < -0.39 is 16.8 Å². The molecule has 43 heavy (non-hydrogen) atoms. The fourth-order valence-electron chi connectivity index (χ4n) is 12.4. The summed E-state index contributed by atoms with van der Waals surface area (Å²) in [6, 6.07) is 6.59. The van der Waals surface area contributed by atoms with Crippen LogP contribution in [0.2, 0.25) is 0 Å². The predicted molar refractivity (Wildman–Crippen MR) is 168 cm³/mol. The van der Waals surface area contributed by atoms with Gasteiger partial charge in [0, 0.05) is 17.5 Å². The molecule has 0 spiro atoms. The van der Waals surface area contributed by atoms with Crippen LogP contribution in [0.25, 0.3) is 6.08 Å². The van der Waals surface area contributed by atoms with Crippen LogP contribution in [0, 0.1) is 66.8 Å². The molecular formula is C37H49NO5. The number of carboxylic acids is 1. The Hall–Kier alpha value is -2.76. The Kier molecular flexibility index (Phi) is 6.77. The number of ketones is 1. The molecule has 1 N–H and O–H groups in total. The number of carbonyl (C=O) groups excluding carboxylic acids is 1. The number of carbonyl (C=O) groups is 2. The molecule has 5 aliphatic rings. The fourth-order valence-corrected chi connectivity index (χ4v) is 12.4. The van der Waals surface area contributed by atoms with Crippen LogP contribution >= 0.6 is 0 Å². The first-order chi connectivity index (χ1) is 20.0. The normalized spacial score (nSPS) is 44.1. The Morgan fingerprint density at radius 1 is 1.00 bits per heavy atom. The number of carboxylic acid groups (broad SMARTS) is 1. The van der Waals surface area contributed by atoms with Crippen LogP contribution in [0.5, 0.6) is 0 Å². The van der Waals surface area contributed by atoms with Crippen molar-refractivity contribution in [1.82, 2.24) is 0 Å². The number of nitrogens with zero attached hydrogens (tertiary/aromatic N) is 1. The third-order valence-corrected chi connectivity index (χ3v) is 14.5. The second-order valence-electron chi connectivity index (χ2n) is 16.4. The minimum absolute atomic E-state index is 0.0150. The van der Waals surface area contributed by atoms with Crippen LogP contribution in [-0.2, 0) is 9.59 Å². The number of Topliss-reactive ketones (excluding diaryl/α,β-unsaturated/α-hetero) is 1. The minimum atomic E-state index is -0.633. The summed E-state index contributed by atoms with van der Waals surface area (Å²) in [5.41, 5.74) is 1.45. The first-order valence-corrected chi connectivity index (χ1v) is 16.4. The maximum Gasteiger partial charge on any atom is 0.309 e. The highest BCUT2D eigenvalue weighted by molar-refractivity contribution is 6.04. The Morgan fingerprint density at radius 3 is 2.37 bits per heavy atom. The highest BCUT2D eigenvalue weighted by atomic mass is 16.6. The molecule has 0 saturated heterocycles. The van der Waals surface area contributed by atoms with Crippen molar-refractivity contribution in [3.8, 4) is 0 Å². The lowest BCUT2D eigenvalue weighted by atomic mass is 9.32. The molecule has 6 rings (SSSR count). The summed E-state index contributed by atoms with van der Waals surface area (Å²) in [6.45, 7) is 18.1. The average molecular weight is 588 g/mol. The molecule has 0 heterocycles. The quantitative estimate of drug-likeness (QED) is 0.164. The van der Waals surface area contributed by atoms with Gasteiger partial charge in [-0.25, -0.2) is 0 Å². The van der Waals surface area contributed by atoms with Crippen LogP contribution in [0.1, 0.15) is 105 Å². The summed E-state index contributed by atoms with van der Waals surface area (Å²) in [5, 5.41) is 22.1. The molecule has 5 aliphatic carbocycles. The average Bonchev–Trinajstić information content (AvgIpc) is 3.34. The van der Waals surface area contributed by atoms with Gasteiger partial charge in [0.1, 0.15) is 0 Å². The summed E-state index contributed by atoms with van der Waals surface area (Å²) in [7, 11) is 0. The first-order valence-electron chi connectivity index (χ1n) is 16.4. The van der Waals surface area contributed by atoms with Crippen molar-refractivity contribution in [3.05, 3.63) is 57.7 Å². The number of fused-ring (bicyclic) bond motifs is 7. The number of hydrogen-bond donors (Lipinski definition) is 1. The van der Waals surface area contributed by atoms with E-state index in [1.807, 2.05) is 12.1 Å². The van der Waals surface area contributed by atoms with Gasteiger partial charge in [0.2, 0.25) is 0 Å². The van der Waals surface area contributed by atoms with Crippen LogP contribution in [0.4, 0.5) is 5.69 Å². The van der Waals surface area contributed by atoms with Crippen molar-refractivity contribution in [1.29, 1.82) is 0 Å². The third kappa shape index (κ3) is 3.96. The number of allylic oxidation sites excluding steroid dienone is 2. The SMILES string of the molecule is C=C(C)C1CCC2(C(=O)O)CCC3(C)C(CCC4C5(C)CC(=Cc6cccc([N+](=O)[O-])c6)C(=O)C(C)(C)C5CCC43C)C12. The number of hydrogen-bond acceptors (Lipinski definition) is 4. The minimum Gasteiger partial charge on any atom is -0.481 e. The van der Waals surface area contributed by atoms with E-state index in [4.69, 9.17) is 0 Å². The standard InChI is InChI=1S/C37H49NO5/c1-22(2)26-13-16-37(32(40)41)18-17-35(6)27(30(26)37)11-12-29-34(5)21-24(19-23-9-8-10-25(20-23)38(42)43)31(39)33(3,4)28(34)14-15-36(29,35)7/h8-10,19-20,26-30H,1,11-18,21H2,2-7H3,(H,40,41). The largest absolute Gasteiger partial charge is 0.481 e. The molecule has 0 amide bonds. The van der Waals surface area contributed by atoms with Crippen LogP contribution in [0.3, 0.4) is 0 Å². The van der Waals surface area contributed by atoms with Crippen LogP contribution in [0.15, 0.2) is 42.0 Å². The van der Waals surface area contributed by atoms with Gasteiger partial charge in [0.25, 0.3) is 5.69 Å². The van der Waals surface area contributed by atoms with E-state index in [2.05, 4.69) is 48.1 Å². The molecule has 0 bridgehead atoms. The maximum atomic E-state index is 14.1. The van der Waals surface area contributed by atoms with Gasteiger partial charge in [-0.3, -0.25) is 19.7 Å². The lowest BCUT2D eigenvalue weighted by Gasteiger charge is -2.72. The summed E-state index contributed by atoms with van der Waals surface area (Å²) in [4.78, 5) is 38.1. The van der Waals surface area contributed by atoms with Crippen molar-refractivity contribution < 1.29 is 19.6 Å². The topological polar surface area (TPSA) is 97.5 Å². The zero-order chi connectivity index (χ0) is 31.3. The molecule has 1 aromatic carbocycles. The molecule has 5 saturated carbocycles. The lowest BCUT2D eigenvalue weighted by Crippen LogP contribution is -2.67. The molecule has 0 aromatic heterocycles. The summed E-state index contributed by atoms with van der Waals surface area (Å²) < 4.78 is 0. The van der Waals surface area contributed by atoms with Crippen molar-refractivity contribution in [2.24, 2.45) is 56.7 Å². The lowest BCUT2D eigenvalue weighted by molar-refractivity contribution is -0.384. The molecule has 232 valence electrons. The Morgan fingerprint density at radius 2 is 1.72 bits per heavy atom. The molecule has 0 aliphatic heterocycles. The molecule has 6 heteroatoms. The van der Waals surface area contributed by atoms with E-state index >= 15 is 0 Å². The van der Waals surface area contributed by atoms with Crippen molar-refractivity contribution >= 4 is 23.5 Å². The van der Waals surface area contributed by atoms with E-state index in [9.17, 15) is 24.8 Å². The summed E-state index contributed by atoms with van der Waals surface area (Å²) in [5.74, 6) is 0.980. The smallest absolute Gasteiger partial charge is 0.309 e. The highest BCUT2D eigenvalue weighted by Gasteiger charge is 2.72. The van der Waals surface area contributed by atoms with Gasteiger partial charge in [-0.2, -0.15) is 0 Å². The van der Waals surface area contributed by atoms with E-state index in [-0.39, 0.29) is 50.4 Å². The number of rotatable bonds is 4. The number of aliphatic carboxylic acids is 1. The van der Waals surface area contributed by atoms with Crippen molar-refractivity contribution in [2.75, 3.05) is 0 Å². The Balaban J connectivity index is 1.41. The van der Waals surface area contributed by atoms with Gasteiger partial charge in [0.15, 0.2) is 5.78 Å². The maximum absolute atomic E-state index is 14.1. The number of non-ortho nitro benzene ring substituents is 1. The van der Waals surface area contributed by atoms with E-state index in [1.165, 1.54) is 6.07 Å². The number of nitro groups is 1. The van der Waals surface area contributed by atoms with Crippen LogP contribution < -0.4 is 0 Å². The summed E-state index contributed by atoms with van der Waals surface area (Å²) >= 11 is 0. The molecule has 6 nitrogen and oxygen atoms in total. The first kappa shape index (κ1) is 30.3. The Bertz CT molecular complexity index is 1440. The summed E-state index contributed by atoms with van der Waals surface area (Å²) in [6.07, 6.45) is 10.1. The van der Waals surface area contributed by atoms with Gasteiger partial charge in [-0.05, 0) is 128 Å². The van der Waals surface area contributed by atoms with Crippen molar-refractivity contribution in [2.45, 2.75) is 99.3 Å². The fraction of sp³-hybridized carbons (Fsp3) is 0.676. The second-order valence-corrected chi connectivity index (χ2v) is 16.4. The molecule has 0 radical (unpaired) electrons. The third-order valence-electron chi connectivity index (χ3n) is 14.5. The van der Waals surface area contributed by atoms with Gasteiger partial charge in [0.05, 0.1) is 10.3 Å².